The molecule has 2 atom stereocenters. The van der Waals surface area contributed by atoms with Crippen LogP contribution in [-0.4, -0.2) is 59.0 Å². The molecule has 11 heteroatoms. The summed E-state index contributed by atoms with van der Waals surface area (Å²) in [6, 6.07) is 23.6. The summed E-state index contributed by atoms with van der Waals surface area (Å²) in [5.74, 6) is -1.22. The van der Waals surface area contributed by atoms with Gasteiger partial charge in [-0.2, -0.15) is 5.26 Å². The normalized spacial score (nSPS) is 19.0. The van der Waals surface area contributed by atoms with E-state index in [0.29, 0.717) is 30.6 Å². The van der Waals surface area contributed by atoms with Crippen molar-refractivity contribution in [2.75, 3.05) is 13.1 Å². The summed E-state index contributed by atoms with van der Waals surface area (Å²) in [5.41, 5.74) is 0.989. The standard InChI is InChI=1S/C35H32N6O4S/c36-23-27-6-8-28(9-7-27)31(42)20-32-40-35(21-25-10-15-37-16-11-25,22-26-12-17-38-18-13-26)34(43)41(32)33(29-14-19-39-24-29)46(44,45)30-4-2-1-3-5-30/h1-13,15-18,20,29,33,39-40H,14,19,21-22,24H2/b32-20+. The minimum absolute atomic E-state index is 0.0956. The zero-order valence-corrected chi connectivity index (χ0v) is 25.7. The van der Waals surface area contributed by atoms with Crippen LogP contribution >= 0.6 is 0 Å². The molecule has 2 N–H and O–H groups in total. The smallest absolute Gasteiger partial charge is 0.255 e. The summed E-state index contributed by atoms with van der Waals surface area (Å²) in [6.45, 7) is 0.988. The van der Waals surface area contributed by atoms with Crippen LogP contribution in [0.25, 0.3) is 0 Å². The van der Waals surface area contributed by atoms with Crippen LogP contribution in [0.3, 0.4) is 0 Å². The van der Waals surface area contributed by atoms with Crippen LogP contribution in [0.1, 0.15) is 33.5 Å². The van der Waals surface area contributed by atoms with E-state index in [1.807, 2.05) is 30.3 Å². The molecular formula is C35H32N6O4S. The van der Waals surface area contributed by atoms with Gasteiger partial charge in [-0.25, -0.2) is 8.42 Å². The molecule has 2 aromatic heterocycles. The summed E-state index contributed by atoms with van der Waals surface area (Å²) < 4.78 is 29.1. The van der Waals surface area contributed by atoms with Crippen molar-refractivity contribution < 1.29 is 18.0 Å². The zero-order valence-electron chi connectivity index (χ0n) is 24.9. The number of sulfone groups is 1. The Morgan fingerprint density at radius 2 is 1.57 bits per heavy atom. The zero-order chi connectivity index (χ0) is 32.1. The first kappa shape index (κ1) is 30.8. The number of amides is 1. The van der Waals surface area contributed by atoms with E-state index < -0.39 is 38.4 Å². The van der Waals surface area contributed by atoms with Crippen LogP contribution in [0.4, 0.5) is 0 Å². The third-order valence-corrected chi connectivity index (χ3v) is 10.6. The van der Waals surface area contributed by atoms with Crippen molar-refractivity contribution in [2.24, 2.45) is 5.92 Å². The fourth-order valence-electron chi connectivity index (χ4n) is 6.25. The number of carbonyl (C=O) groups is 2. The summed E-state index contributed by atoms with van der Waals surface area (Å²) in [5, 5.41) is 14.6. The Bertz CT molecular complexity index is 1850. The van der Waals surface area contributed by atoms with Gasteiger partial charge in [-0.05, 0) is 84.8 Å². The first-order valence-corrected chi connectivity index (χ1v) is 16.5. The summed E-state index contributed by atoms with van der Waals surface area (Å²) in [6.07, 6.45) is 8.81. The molecule has 2 fully saturated rings. The molecule has 0 spiro atoms. The SMILES string of the molecule is N#Cc1ccc(C(=O)/C=C2\NC(Cc3ccncc3)(Cc3ccncc3)C(=O)N2C(C2CCNC2)S(=O)(=O)c2ccccc2)cc1. The van der Waals surface area contributed by atoms with Crippen LogP contribution in [0.5, 0.6) is 0 Å². The summed E-state index contributed by atoms with van der Waals surface area (Å²) in [7, 11) is -4.12. The Morgan fingerprint density at radius 1 is 0.957 bits per heavy atom. The van der Waals surface area contributed by atoms with Crippen molar-refractivity contribution in [3.05, 3.63) is 138 Å². The summed E-state index contributed by atoms with van der Waals surface area (Å²) >= 11 is 0. The van der Waals surface area contributed by atoms with Gasteiger partial charge in [-0.15, -0.1) is 0 Å². The van der Waals surface area contributed by atoms with Crippen LogP contribution < -0.4 is 10.6 Å². The van der Waals surface area contributed by atoms with Gasteiger partial charge in [-0.1, -0.05) is 18.2 Å². The second kappa shape index (κ2) is 13.0. The molecule has 10 nitrogen and oxygen atoms in total. The number of hydrogen-bond donors (Lipinski definition) is 2. The van der Waals surface area contributed by atoms with E-state index in [-0.39, 0.29) is 23.6 Å². The molecule has 2 saturated heterocycles. The third kappa shape index (κ3) is 6.18. The first-order valence-electron chi connectivity index (χ1n) is 15.0. The number of hydrogen-bond acceptors (Lipinski definition) is 9. The number of rotatable bonds is 10. The predicted molar refractivity (Wildman–Crippen MR) is 171 cm³/mol. The van der Waals surface area contributed by atoms with Crippen LogP contribution in [0.15, 0.2) is 120 Å². The van der Waals surface area contributed by atoms with Crippen molar-refractivity contribution in [2.45, 2.75) is 35.1 Å². The van der Waals surface area contributed by atoms with E-state index in [2.05, 4.69) is 20.6 Å². The molecule has 2 aromatic carbocycles. The van der Waals surface area contributed by atoms with E-state index in [9.17, 15) is 18.5 Å². The van der Waals surface area contributed by atoms with Crippen LogP contribution in [0.2, 0.25) is 0 Å². The number of nitrogens with one attached hydrogen (secondary N) is 2. The van der Waals surface area contributed by atoms with E-state index in [0.717, 1.165) is 11.1 Å². The van der Waals surface area contributed by atoms with Gasteiger partial charge in [0.1, 0.15) is 16.7 Å². The number of ketones is 1. The maximum absolute atomic E-state index is 15.1. The Hall–Kier alpha value is -5.18. The molecule has 46 heavy (non-hydrogen) atoms. The van der Waals surface area contributed by atoms with Gasteiger partial charge in [0, 0.05) is 61.7 Å². The van der Waals surface area contributed by atoms with E-state index in [1.165, 1.54) is 23.1 Å². The maximum atomic E-state index is 15.1. The molecule has 4 aromatic rings. The molecule has 0 aliphatic carbocycles. The van der Waals surface area contributed by atoms with E-state index in [1.54, 1.807) is 67.3 Å². The maximum Gasteiger partial charge on any atom is 0.255 e. The Balaban J connectivity index is 1.53. The largest absolute Gasteiger partial charge is 0.357 e. The van der Waals surface area contributed by atoms with Crippen LogP contribution in [0, 0.1) is 17.2 Å². The van der Waals surface area contributed by atoms with Gasteiger partial charge < -0.3 is 10.6 Å². The minimum Gasteiger partial charge on any atom is -0.357 e. The molecule has 1 amide bonds. The highest BCUT2D eigenvalue weighted by atomic mass is 32.2. The highest BCUT2D eigenvalue weighted by Crippen LogP contribution is 2.38. The molecule has 0 bridgehead atoms. The fourth-order valence-corrected chi connectivity index (χ4v) is 8.29. The highest BCUT2D eigenvalue weighted by molar-refractivity contribution is 7.92. The average molecular weight is 633 g/mol. The first-order chi connectivity index (χ1) is 22.3. The van der Waals surface area contributed by atoms with Gasteiger partial charge >= 0.3 is 0 Å². The highest BCUT2D eigenvalue weighted by Gasteiger charge is 2.55. The van der Waals surface area contributed by atoms with Crippen molar-refractivity contribution in [1.29, 1.82) is 5.26 Å². The van der Waals surface area contributed by atoms with Gasteiger partial charge in [-0.3, -0.25) is 24.5 Å². The fraction of sp³-hybridized carbons (Fsp3) is 0.229. The number of carbonyl (C=O) groups excluding carboxylic acids is 2. The molecule has 4 heterocycles. The number of nitrogens with zero attached hydrogens (tertiary/aromatic N) is 4. The van der Waals surface area contributed by atoms with Crippen molar-refractivity contribution in [1.82, 2.24) is 25.5 Å². The lowest BCUT2D eigenvalue weighted by atomic mass is 9.85. The Morgan fingerprint density at radius 3 is 2.11 bits per heavy atom. The second-order valence-electron chi connectivity index (χ2n) is 11.5. The number of pyridine rings is 2. The molecule has 2 unspecified atom stereocenters. The summed E-state index contributed by atoms with van der Waals surface area (Å²) in [4.78, 5) is 38.5. The molecule has 0 radical (unpaired) electrons. The molecule has 232 valence electrons. The van der Waals surface area contributed by atoms with Crippen LogP contribution in [-0.2, 0) is 27.5 Å². The predicted octanol–water partition coefficient (Wildman–Crippen LogP) is 3.44. The Kier molecular flexibility index (Phi) is 8.74. The van der Waals surface area contributed by atoms with E-state index in [4.69, 9.17) is 0 Å². The molecule has 6 rings (SSSR count). The third-order valence-electron chi connectivity index (χ3n) is 8.48. The number of aromatic nitrogens is 2. The van der Waals surface area contributed by atoms with Gasteiger partial charge in [0.15, 0.2) is 15.6 Å². The van der Waals surface area contributed by atoms with Gasteiger partial charge in [0.05, 0.1) is 16.5 Å². The number of nitriles is 1. The number of allylic oxidation sites excluding steroid dienone is 1. The second-order valence-corrected chi connectivity index (χ2v) is 13.6. The Labute approximate surface area is 267 Å². The number of benzene rings is 2. The molecule has 0 saturated carbocycles. The lowest BCUT2D eigenvalue weighted by Crippen LogP contribution is -2.53. The van der Waals surface area contributed by atoms with E-state index >= 15 is 4.79 Å². The van der Waals surface area contributed by atoms with Crippen molar-refractivity contribution in [3.63, 3.8) is 0 Å². The topological polar surface area (TPSA) is 145 Å². The monoisotopic (exact) mass is 632 g/mol. The van der Waals surface area contributed by atoms with Crippen molar-refractivity contribution in [3.8, 4) is 6.07 Å². The van der Waals surface area contributed by atoms with Gasteiger partial charge in [0.2, 0.25) is 0 Å². The lowest BCUT2D eigenvalue weighted by molar-refractivity contribution is -0.132. The average Bonchev–Trinajstić information content (AvgIpc) is 3.70. The molecule has 2 aliphatic heterocycles. The lowest BCUT2D eigenvalue weighted by Gasteiger charge is -2.33. The molecule has 2 aliphatic rings. The van der Waals surface area contributed by atoms with Gasteiger partial charge in [0.25, 0.3) is 5.91 Å². The molecular weight excluding hydrogens is 600 g/mol. The quantitative estimate of drug-likeness (QED) is 0.198. The minimum atomic E-state index is -4.12. The van der Waals surface area contributed by atoms with Crippen molar-refractivity contribution >= 4 is 21.5 Å².